The third-order valence-corrected chi connectivity index (χ3v) is 6.92. The highest BCUT2D eigenvalue weighted by Crippen LogP contribution is 2.33. The SMILES string of the molecule is Cc1ccc(S(=O)(=O)Nc2nc3n(n2)[C@@H](c2ccccc2)C=C(c2ccc(Cl)cc2)N3)cc1. The summed E-state index contributed by atoms with van der Waals surface area (Å²) < 4.78 is 29.9. The first-order chi connectivity index (χ1) is 15.9. The number of aromatic nitrogens is 3. The van der Waals surface area contributed by atoms with Crippen LogP contribution in [0.25, 0.3) is 5.70 Å². The molecule has 166 valence electrons. The molecule has 3 aromatic carbocycles. The van der Waals surface area contributed by atoms with Gasteiger partial charge in [-0.05, 0) is 48.4 Å². The predicted molar refractivity (Wildman–Crippen MR) is 130 cm³/mol. The number of nitrogens with one attached hydrogen (secondary N) is 2. The van der Waals surface area contributed by atoms with Gasteiger partial charge in [-0.1, -0.05) is 71.8 Å². The van der Waals surface area contributed by atoms with Crippen LogP contribution in [0.15, 0.2) is 89.8 Å². The predicted octanol–water partition coefficient (Wildman–Crippen LogP) is 5.10. The van der Waals surface area contributed by atoms with Crippen LogP contribution in [0.1, 0.15) is 22.7 Å². The normalized spacial score (nSPS) is 15.3. The molecule has 1 atom stereocenters. The maximum atomic E-state index is 12.8. The van der Waals surface area contributed by atoms with E-state index in [0.717, 1.165) is 22.4 Å². The van der Waals surface area contributed by atoms with Gasteiger partial charge in [-0.2, -0.15) is 4.98 Å². The van der Waals surface area contributed by atoms with Crippen molar-refractivity contribution in [3.63, 3.8) is 0 Å². The quantitative estimate of drug-likeness (QED) is 0.417. The molecule has 0 aliphatic carbocycles. The number of rotatable bonds is 5. The summed E-state index contributed by atoms with van der Waals surface area (Å²) >= 11 is 6.05. The highest BCUT2D eigenvalue weighted by atomic mass is 35.5. The van der Waals surface area contributed by atoms with Gasteiger partial charge in [0.2, 0.25) is 5.95 Å². The number of hydrogen-bond acceptors (Lipinski definition) is 5. The van der Waals surface area contributed by atoms with Gasteiger partial charge >= 0.3 is 0 Å². The van der Waals surface area contributed by atoms with Crippen molar-refractivity contribution in [3.05, 3.63) is 107 Å². The molecule has 2 heterocycles. The average molecular weight is 478 g/mol. The molecule has 0 saturated carbocycles. The number of fused-ring (bicyclic) bond motifs is 1. The Labute approximate surface area is 196 Å². The van der Waals surface area contributed by atoms with Gasteiger partial charge in [-0.25, -0.2) is 17.8 Å². The number of nitrogens with zero attached hydrogens (tertiary/aromatic N) is 3. The standard InChI is InChI=1S/C24H20ClN5O2S/c1-16-7-13-20(14-8-16)33(31,32)29-23-27-24-26-21(17-9-11-19(25)12-10-17)15-22(30(24)28-23)18-5-3-2-4-6-18/h2-15,22H,1H3,(H2,26,27,28,29)/t22-/m1/s1. The first-order valence-corrected chi connectivity index (χ1v) is 12.1. The molecular formula is C24H20ClN5O2S. The molecule has 0 radical (unpaired) electrons. The minimum Gasteiger partial charge on any atom is -0.324 e. The lowest BCUT2D eigenvalue weighted by Crippen LogP contribution is -2.20. The van der Waals surface area contributed by atoms with Crippen molar-refractivity contribution in [1.29, 1.82) is 0 Å². The van der Waals surface area contributed by atoms with Crippen molar-refractivity contribution in [2.24, 2.45) is 0 Å². The minimum absolute atomic E-state index is 0.00948. The number of hydrogen-bond donors (Lipinski definition) is 2. The van der Waals surface area contributed by atoms with E-state index >= 15 is 0 Å². The summed E-state index contributed by atoms with van der Waals surface area (Å²) in [7, 11) is -3.83. The van der Waals surface area contributed by atoms with Gasteiger partial charge in [0, 0.05) is 10.7 Å². The maximum absolute atomic E-state index is 12.8. The summed E-state index contributed by atoms with van der Waals surface area (Å²) in [6.45, 7) is 1.90. The fourth-order valence-electron chi connectivity index (χ4n) is 3.62. The Morgan fingerprint density at radius 1 is 0.970 bits per heavy atom. The summed E-state index contributed by atoms with van der Waals surface area (Å²) in [5, 5.41) is 8.37. The Bertz CT molecular complexity index is 1430. The van der Waals surface area contributed by atoms with E-state index in [9.17, 15) is 8.42 Å². The van der Waals surface area contributed by atoms with Crippen LogP contribution in [0.3, 0.4) is 0 Å². The molecule has 1 aliphatic rings. The molecule has 0 saturated heterocycles. The van der Waals surface area contributed by atoms with Crippen LogP contribution >= 0.6 is 11.6 Å². The summed E-state index contributed by atoms with van der Waals surface area (Å²) in [4.78, 5) is 4.58. The fourth-order valence-corrected chi connectivity index (χ4v) is 4.68. The number of sulfonamides is 1. The molecule has 0 spiro atoms. The minimum atomic E-state index is -3.83. The summed E-state index contributed by atoms with van der Waals surface area (Å²) in [5.41, 5.74) is 3.72. The van der Waals surface area contributed by atoms with Crippen LogP contribution in [-0.4, -0.2) is 23.2 Å². The molecule has 9 heteroatoms. The van der Waals surface area contributed by atoms with Crippen LogP contribution in [-0.2, 0) is 10.0 Å². The Balaban J connectivity index is 1.52. The van der Waals surface area contributed by atoms with Crippen molar-refractivity contribution in [2.75, 3.05) is 10.0 Å². The molecule has 0 fully saturated rings. The lowest BCUT2D eigenvalue weighted by atomic mass is 10.0. The van der Waals surface area contributed by atoms with E-state index in [1.54, 1.807) is 28.9 Å². The average Bonchev–Trinajstić information content (AvgIpc) is 3.21. The van der Waals surface area contributed by atoms with Crippen molar-refractivity contribution in [1.82, 2.24) is 14.8 Å². The van der Waals surface area contributed by atoms with E-state index in [4.69, 9.17) is 11.6 Å². The van der Waals surface area contributed by atoms with Gasteiger partial charge in [-0.15, -0.1) is 5.10 Å². The first-order valence-electron chi connectivity index (χ1n) is 10.2. The van der Waals surface area contributed by atoms with Gasteiger partial charge in [-0.3, -0.25) is 0 Å². The lowest BCUT2D eigenvalue weighted by Gasteiger charge is -2.24. The molecule has 0 amide bonds. The zero-order valence-corrected chi connectivity index (χ0v) is 19.2. The van der Waals surface area contributed by atoms with Crippen molar-refractivity contribution < 1.29 is 8.42 Å². The van der Waals surface area contributed by atoms with Gasteiger partial charge in [0.05, 0.1) is 4.90 Å². The Kier molecular flexibility index (Phi) is 5.39. The van der Waals surface area contributed by atoms with Gasteiger partial charge in [0.15, 0.2) is 0 Å². The second-order valence-corrected chi connectivity index (χ2v) is 9.81. The highest BCUT2D eigenvalue weighted by Gasteiger charge is 2.27. The first kappa shape index (κ1) is 21.2. The van der Waals surface area contributed by atoms with E-state index < -0.39 is 10.0 Å². The Morgan fingerprint density at radius 3 is 2.36 bits per heavy atom. The van der Waals surface area contributed by atoms with Crippen LogP contribution in [0, 0.1) is 6.92 Å². The molecule has 33 heavy (non-hydrogen) atoms. The van der Waals surface area contributed by atoms with E-state index in [2.05, 4.69) is 20.1 Å². The molecule has 5 rings (SSSR count). The summed E-state index contributed by atoms with van der Waals surface area (Å²) in [6, 6.07) is 23.6. The third kappa shape index (κ3) is 4.35. The van der Waals surface area contributed by atoms with Crippen LogP contribution in [0.5, 0.6) is 0 Å². The number of aryl methyl sites for hydroxylation is 1. The van der Waals surface area contributed by atoms with Gasteiger partial charge in [0.1, 0.15) is 6.04 Å². The van der Waals surface area contributed by atoms with Crippen molar-refractivity contribution in [3.8, 4) is 0 Å². The molecule has 4 aromatic rings. The molecule has 1 aromatic heterocycles. The smallest absolute Gasteiger partial charge is 0.264 e. The Morgan fingerprint density at radius 2 is 1.67 bits per heavy atom. The van der Waals surface area contributed by atoms with Crippen LogP contribution < -0.4 is 10.0 Å². The molecular weight excluding hydrogens is 458 g/mol. The second kappa shape index (κ2) is 8.38. The summed E-state index contributed by atoms with van der Waals surface area (Å²) in [5.74, 6) is 0.419. The second-order valence-electron chi connectivity index (χ2n) is 7.69. The molecule has 7 nitrogen and oxygen atoms in total. The Hall–Kier alpha value is -3.62. The molecule has 2 N–H and O–H groups in total. The largest absolute Gasteiger partial charge is 0.324 e. The molecule has 0 bridgehead atoms. The van der Waals surface area contributed by atoms with Gasteiger partial charge < -0.3 is 5.32 Å². The topological polar surface area (TPSA) is 88.9 Å². The third-order valence-electron chi connectivity index (χ3n) is 5.32. The van der Waals surface area contributed by atoms with E-state index in [1.165, 1.54) is 0 Å². The zero-order chi connectivity index (χ0) is 23.0. The van der Waals surface area contributed by atoms with E-state index in [0.29, 0.717) is 11.0 Å². The maximum Gasteiger partial charge on any atom is 0.264 e. The van der Waals surface area contributed by atoms with Crippen LogP contribution in [0.4, 0.5) is 11.9 Å². The highest BCUT2D eigenvalue weighted by molar-refractivity contribution is 7.92. The number of halogens is 1. The lowest BCUT2D eigenvalue weighted by molar-refractivity contribution is 0.598. The van der Waals surface area contributed by atoms with E-state index in [1.807, 2.05) is 67.6 Å². The van der Waals surface area contributed by atoms with E-state index in [-0.39, 0.29) is 16.9 Å². The van der Waals surface area contributed by atoms with Crippen molar-refractivity contribution in [2.45, 2.75) is 17.9 Å². The number of anilines is 2. The zero-order valence-electron chi connectivity index (χ0n) is 17.6. The fraction of sp³-hybridized carbons (Fsp3) is 0.0833. The van der Waals surface area contributed by atoms with Crippen LogP contribution in [0.2, 0.25) is 5.02 Å². The van der Waals surface area contributed by atoms with Gasteiger partial charge in [0.25, 0.3) is 16.0 Å². The molecule has 1 aliphatic heterocycles. The number of benzene rings is 3. The molecule has 0 unspecified atom stereocenters. The monoisotopic (exact) mass is 477 g/mol. The number of allylic oxidation sites excluding steroid dienone is 1. The summed E-state index contributed by atoms with van der Waals surface area (Å²) in [6.07, 6.45) is 2.03. The van der Waals surface area contributed by atoms with Crippen molar-refractivity contribution >= 4 is 39.2 Å².